The van der Waals surface area contributed by atoms with Crippen molar-refractivity contribution in [1.82, 2.24) is 5.32 Å². The Balaban J connectivity index is 3.20. The first-order valence-corrected chi connectivity index (χ1v) is 5.22. The van der Waals surface area contributed by atoms with Crippen LogP contribution in [0.15, 0.2) is 22.7 Å². The second-order valence-corrected chi connectivity index (χ2v) is 4.75. The molecule has 0 bridgehead atoms. The summed E-state index contributed by atoms with van der Waals surface area (Å²) in [7, 11) is 1.99. The number of hydrogen-bond acceptors (Lipinski definition) is 1. The molecule has 0 atom stereocenters. The lowest BCUT2D eigenvalue weighted by molar-refractivity contribution is 0.442. The second-order valence-electron chi connectivity index (χ2n) is 3.83. The average molecular weight is 242 g/mol. The van der Waals surface area contributed by atoms with Gasteiger partial charge < -0.3 is 5.32 Å². The van der Waals surface area contributed by atoms with Gasteiger partial charge in [0.25, 0.3) is 0 Å². The molecule has 0 fully saturated rings. The summed E-state index contributed by atoms with van der Waals surface area (Å²) in [6.45, 7) is 6.50. The van der Waals surface area contributed by atoms with Crippen molar-refractivity contribution in [2.45, 2.75) is 26.3 Å². The Kier molecular flexibility index (Phi) is 3.14. The van der Waals surface area contributed by atoms with Gasteiger partial charge in [0.05, 0.1) is 0 Å². The van der Waals surface area contributed by atoms with Crippen molar-refractivity contribution in [2.24, 2.45) is 0 Å². The van der Waals surface area contributed by atoms with Gasteiger partial charge in [-0.3, -0.25) is 0 Å². The molecule has 0 aliphatic heterocycles. The van der Waals surface area contributed by atoms with E-state index in [1.165, 1.54) is 11.1 Å². The smallest absolute Gasteiger partial charge is 0.0378 e. The maximum Gasteiger partial charge on any atom is 0.0378 e. The van der Waals surface area contributed by atoms with Crippen LogP contribution in [0.5, 0.6) is 0 Å². The molecule has 0 unspecified atom stereocenters. The van der Waals surface area contributed by atoms with E-state index in [-0.39, 0.29) is 5.54 Å². The molecular formula is C11H16BrN. The molecule has 2 heteroatoms. The van der Waals surface area contributed by atoms with Crippen LogP contribution in [0.1, 0.15) is 25.0 Å². The summed E-state index contributed by atoms with van der Waals surface area (Å²) in [6, 6.07) is 6.38. The topological polar surface area (TPSA) is 12.0 Å². The third-order valence-electron chi connectivity index (χ3n) is 2.50. The highest BCUT2D eigenvalue weighted by Gasteiger charge is 2.19. The number of halogens is 1. The van der Waals surface area contributed by atoms with Gasteiger partial charge in [0.2, 0.25) is 0 Å². The molecule has 1 aromatic rings. The summed E-state index contributed by atoms with van der Waals surface area (Å²) in [5, 5.41) is 3.30. The first kappa shape index (κ1) is 10.7. The van der Waals surface area contributed by atoms with Gasteiger partial charge in [0, 0.05) is 10.0 Å². The van der Waals surface area contributed by atoms with E-state index in [9.17, 15) is 0 Å². The van der Waals surface area contributed by atoms with E-state index in [1.807, 2.05) is 7.05 Å². The molecule has 0 aromatic heterocycles. The standard InChI is InChI=1S/C11H16BrN/c1-8-5-6-9(12)7-10(8)11(2,3)13-4/h5-7,13H,1-4H3. The summed E-state index contributed by atoms with van der Waals surface area (Å²) in [5.74, 6) is 0. The number of nitrogens with one attached hydrogen (secondary N) is 1. The Labute approximate surface area is 88.7 Å². The van der Waals surface area contributed by atoms with Gasteiger partial charge >= 0.3 is 0 Å². The normalized spacial score (nSPS) is 11.8. The van der Waals surface area contributed by atoms with Crippen LogP contribution in [-0.2, 0) is 5.54 Å². The minimum absolute atomic E-state index is 0.0356. The van der Waals surface area contributed by atoms with Crippen molar-refractivity contribution >= 4 is 15.9 Å². The van der Waals surface area contributed by atoms with Crippen LogP contribution in [-0.4, -0.2) is 7.05 Å². The van der Waals surface area contributed by atoms with Crippen LogP contribution in [0.3, 0.4) is 0 Å². The lowest BCUT2D eigenvalue weighted by Crippen LogP contribution is -2.33. The van der Waals surface area contributed by atoms with Crippen LogP contribution < -0.4 is 5.32 Å². The molecule has 1 rings (SSSR count). The Morgan fingerprint density at radius 1 is 1.31 bits per heavy atom. The second kappa shape index (κ2) is 3.81. The van der Waals surface area contributed by atoms with Crippen molar-refractivity contribution in [1.29, 1.82) is 0 Å². The number of aryl methyl sites for hydroxylation is 1. The van der Waals surface area contributed by atoms with Crippen LogP contribution in [0.4, 0.5) is 0 Å². The molecule has 1 nitrogen and oxygen atoms in total. The van der Waals surface area contributed by atoms with E-state index in [1.54, 1.807) is 0 Å². The molecule has 1 N–H and O–H groups in total. The van der Waals surface area contributed by atoms with E-state index in [4.69, 9.17) is 0 Å². The van der Waals surface area contributed by atoms with Crippen molar-refractivity contribution in [2.75, 3.05) is 7.05 Å². The third kappa shape index (κ3) is 2.32. The highest BCUT2D eigenvalue weighted by atomic mass is 79.9. The lowest BCUT2D eigenvalue weighted by atomic mass is 9.91. The van der Waals surface area contributed by atoms with E-state index in [2.05, 4.69) is 60.2 Å². The summed E-state index contributed by atoms with van der Waals surface area (Å²) in [5.41, 5.74) is 2.69. The first-order chi connectivity index (χ1) is 5.97. The van der Waals surface area contributed by atoms with Gasteiger partial charge in [-0.25, -0.2) is 0 Å². The van der Waals surface area contributed by atoms with E-state index >= 15 is 0 Å². The molecule has 13 heavy (non-hydrogen) atoms. The van der Waals surface area contributed by atoms with Crippen molar-refractivity contribution in [3.63, 3.8) is 0 Å². The molecule has 0 spiro atoms. The fourth-order valence-corrected chi connectivity index (χ4v) is 1.76. The lowest BCUT2D eigenvalue weighted by Gasteiger charge is -2.26. The molecule has 0 saturated carbocycles. The van der Waals surface area contributed by atoms with Crippen LogP contribution in [0, 0.1) is 6.92 Å². The van der Waals surface area contributed by atoms with Crippen molar-refractivity contribution < 1.29 is 0 Å². The Hall–Kier alpha value is -0.340. The summed E-state index contributed by atoms with van der Waals surface area (Å²) < 4.78 is 1.14. The highest BCUT2D eigenvalue weighted by molar-refractivity contribution is 9.10. The number of rotatable bonds is 2. The Morgan fingerprint density at radius 3 is 2.46 bits per heavy atom. The molecule has 0 aliphatic rings. The molecule has 0 heterocycles. The maximum atomic E-state index is 3.49. The van der Waals surface area contributed by atoms with Gasteiger partial charge in [-0.15, -0.1) is 0 Å². The molecule has 0 aliphatic carbocycles. The summed E-state index contributed by atoms with van der Waals surface area (Å²) in [4.78, 5) is 0. The van der Waals surface area contributed by atoms with Crippen LogP contribution >= 0.6 is 15.9 Å². The van der Waals surface area contributed by atoms with E-state index in [0.717, 1.165) is 4.47 Å². The minimum atomic E-state index is 0.0356. The number of hydrogen-bond donors (Lipinski definition) is 1. The number of benzene rings is 1. The van der Waals surface area contributed by atoms with Crippen molar-refractivity contribution in [3.8, 4) is 0 Å². The highest BCUT2D eigenvalue weighted by Crippen LogP contribution is 2.26. The average Bonchev–Trinajstić information content (AvgIpc) is 2.09. The zero-order chi connectivity index (χ0) is 10.1. The molecule has 0 amide bonds. The quantitative estimate of drug-likeness (QED) is 0.839. The largest absolute Gasteiger partial charge is 0.311 e. The SMILES string of the molecule is CNC(C)(C)c1cc(Br)ccc1C. The molecular weight excluding hydrogens is 226 g/mol. The summed E-state index contributed by atoms with van der Waals surface area (Å²) in [6.07, 6.45) is 0. The third-order valence-corrected chi connectivity index (χ3v) is 2.99. The molecule has 72 valence electrons. The van der Waals surface area contributed by atoms with E-state index in [0.29, 0.717) is 0 Å². The monoisotopic (exact) mass is 241 g/mol. The Morgan fingerprint density at radius 2 is 1.92 bits per heavy atom. The predicted octanol–water partition coefficient (Wildman–Crippen LogP) is 3.21. The van der Waals surface area contributed by atoms with Gasteiger partial charge in [0.1, 0.15) is 0 Å². The molecule has 0 saturated heterocycles. The van der Waals surface area contributed by atoms with Gasteiger partial charge in [-0.05, 0) is 51.1 Å². The molecule has 1 aromatic carbocycles. The zero-order valence-electron chi connectivity index (χ0n) is 8.61. The summed E-state index contributed by atoms with van der Waals surface area (Å²) >= 11 is 3.49. The van der Waals surface area contributed by atoms with Crippen LogP contribution in [0.25, 0.3) is 0 Å². The predicted molar refractivity (Wildman–Crippen MR) is 61.0 cm³/mol. The fraction of sp³-hybridized carbons (Fsp3) is 0.455. The maximum absolute atomic E-state index is 3.49. The molecule has 0 radical (unpaired) electrons. The van der Waals surface area contributed by atoms with Crippen molar-refractivity contribution in [3.05, 3.63) is 33.8 Å². The van der Waals surface area contributed by atoms with Crippen LogP contribution in [0.2, 0.25) is 0 Å². The van der Waals surface area contributed by atoms with Gasteiger partial charge in [-0.2, -0.15) is 0 Å². The first-order valence-electron chi connectivity index (χ1n) is 4.43. The Bertz CT molecular complexity index is 305. The van der Waals surface area contributed by atoms with Gasteiger partial charge in [0.15, 0.2) is 0 Å². The van der Waals surface area contributed by atoms with E-state index < -0.39 is 0 Å². The van der Waals surface area contributed by atoms with Gasteiger partial charge in [-0.1, -0.05) is 22.0 Å². The minimum Gasteiger partial charge on any atom is -0.311 e. The zero-order valence-corrected chi connectivity index (χ0v) is 10.2. The fourth-order valence-electron chi connectivity index (χ4n) is 1.40.